The first-order valence-electron chi connectivity index (χ1n) is 6.44. The van der Waals surface area contributed by atoms with Crippen molar-refractivity contribution in [3.8, 4) is 0 Å². The highest BCUT2D eigenvalue weighted by Crippen LogP contribution is 2.25. The molecule has 1 rings (SSSR count). The maximum Gasteiger partial charge on any atom is 0.237 e. The summed E-state index contributed by atoms with van der Waals surface area (Å²) >= 11 is 0. The molecule has 0 aliphatic carbocycles. The number of rotatable bonds is 4. The molecule has 0 aromatic rings. The molecule has 1 amide bonds. The molecule has 3 heteroatoms. The Kier molecular flexibility index (Phi) is 4.78. The zero-order chi connectivity index (χ0) is 12.2. The highest BCUT2D eigenvalue weighted by atomic mass is 16.2. The van der Waals surface area contributed by atoms with Crippen molar-refractivity contribution in [1.29, 1.82) is 0 Å². The maximum atomic E-state index is 11.7. The van der Waals surface area contributed by atoms with Gasteiger partial charge in [-0.3, -0.25) is 4.79 Å². The van der Waals surface area contributed by atoms with E-state index in [0.717, 1.165) is 32.4 Å². The minimum absolute atomic E-state index is 0.0144. The highest BCUT2D eigenvalue weighted by Gasteiger charge is 2.26. The van der Waals surface area contributed by atoms with Crippen molar-refractivity contribution in [2.75, 3.05) is 13.1 Å². The van der Waals surface area contributed by atoms with Crippen LogP contribution in [0.5, 0.6) is 0 Å². The van der Waals surface area contributed by atoms with Crippen LogP contribution in [0.25, 0.3) is 0 Å². The minimum Gasteiger partial charge on any atom is -0.355 e. The Labute approximate surface area is 99.4 Å². The summed E-state index contributed by atoms with van der Waals surface area (Å²) in [5.41, 5.74) is 0.243. The zero-order valence-electron chi connectivity index (χ0n) is 11.1. The Bertz CT molecular complexity index is 236. The first-order chi connectivity index (χ1) is 7.43. The topological polar surface area (TPSA) is 41.1 Å². The predicted octanol–water partition coefficient (Wildman–Crippen LogP) is 1.93. The standard InChI is InChI=1S/C13H26N2O/c1-10(2)13(3,4)9-15-11-7-5-6-8-14-12(11)16/h10-11,15H,5-9H2,1-4H3,(H,14,16). The molecule has 1 fully saturated rings. The van der Waals surface area contributed by atoms with Crippen molar-refractivity contribution in [3.63, 3.8) is 0 Å². The van der Waals surface area contributed by atoms with Crippen molar-refractivity contribution in [3.05, 3.63) is 0 Å². The lowest BCUT2D eigenvalue weighted by atomic mass is 9.81. The van der Waals surface area contributed by atoms with E-state index in [4.69, 9.17) is 0 Å². The van der Waals surface area contributed by atoms with Crippen molar-refractivity contribution >= 4 is 5.91 Å². The Morgan fingerprint density at radius 2 is 2.12 bits per heavy atom. The Morgan fingerprint density at radius 3 is 2.75 bits per heavy atom. The quantitative estimate of drug-likeness (QED) is 0.769. The van der Waals surface area contributed by atoms with E-state index in [9.17, 15) is 4.79 Å². The van der Waals surface area contributed by atoms with Crippen LogP contribution < -0.4 is 10.6 Å². The fourth-order valence-corrected chi connectivity index (χ4v) is 1.72. The fourth-order valence-electron chi connectivity index (χ4n) is 1.72. The van der Waals surface area contributed by atoms with E-state index in [-0.39, 0.29) is 17.4 Å². The second-order valence-electron chi connectivity index (χ2n) is 5.86. The third-order valence-electron chi connectivity index (χ3n) is 3.90. The van der Waals surface area contributed by atoms with Crippen molar-refractivity contribution < 1.29 is 4.79 Å². The maximum absolute atomic E-state index is 11.7. The predicted molar refractivity (Wildman–Crippen MR) is 67.3 cm³/mol. The molecule has 0 radical (unpaired) electrons. The van der Waals surface area contributed by atoms with E-state index < -0.39 is 0 Å². The average Bonchev–Trinajstić information content (AvgIpc) is 2.40. The number of hydrogen-bond donors (Lipinski definition) is 2. The van der Waals surface area contributed by atoms with E-state index in [0.29, 0.717) is 5.92 Å². The largest absolute Gasteiger partial charge is 0.355 e. The van der Waals surface area contributed by atoms with Crippen LogP contribution in [-0.2, 0) is 4.79 Å². The Hall–Kier alpha value is -0.570. The van der Waals surface area contributed by atoms with Gasteiger partial charge in [0.15, 0.2) is 0 Å². The van der Waals surface area contributed by atoms with E-state index in [1.54, 1.807) is 0 Å². The number of hydrogen-bond acceptors (Lipinski definition) is 2. The van der Waals surface area contributed by atoms with Crippen LogP contribution >= 0.6 is 0 Å². The second kappa shape index (κ2) is 5.67. The number of amides is 1. The lowest BCUT2D eigenvalue weighted by Gasteiger charge is -2.31. The SMILES string of the molecule is CC(C)C(C)(C)CNC1CCCCNC1=O. The normalized spacial score (nSPS) is 23.1. The van der Waals surface area contributed by atoms with Crippen molar-refractivity contribution in [1.82, 2.24) is 10.6 Å². The summed E-state index contributed by atoms with van der Waals surface area (Å²) < 4.78 is 0. The summed E-state index contributed by atoms with van der Waals surface area (Å²) in [5.74, 6) is 0.797. The van der Waals surface area contributed by atoms with Crippen molar-refractivity contribution in [2.45, 2.75) is 53.0 Å². The first-order valence-corrected chi connectivity index (χ1v) is 6.44. The smallest absolute Gasteiger partial charge is 0.237 e. The van der Waals surface area contributed by atoms with Gasteiger partial charge < -0.3 is 10.6 Å². The molecule has 0 bridgehead atoms. The lowest BCUT2D eigenvalue weighted by molar-refractivity contribution is -0.123. The van der Waals surface area contributed by atoms with E-state index in [1.807, 2.05) is 0 Å². The van der Waals surface area contributed by atoms with Crippen LogP contribution in [-0.4, -0.2) is 25.0 Å². The molecule has 0 spiro atoms. The molecule has 1 heterocycles. The monoisotopic (exact) mass is 226 g/mol. The fraction of sp³-hybridized carbons (Fsp3) is 0.923. The summed E-state index contributed by atoms with van der Waals surface area (Å²) in [6, 6.07) is 0.0144. The van der Waals surface area contributed by atoms with Gasteiger partial charge in [-0.15, -0.1) is 0 Å². The summed E-state index contributed by atoms with van der Waals surface area (Å²) in [6.45, 7) is 10.7. The van der Waals surface area contributed by atoms with Gasteiger partial charge in [-0.25, -0.2) is 0 Å². The third-order valence-corrected chi connectivity index (χ3v) is 3.90. The second-order valence-corrected chi connectivity index (χ2v) is 5.86. The molecule has 1 aliphatic rings. The van der Waals surface area contributed by atoms with Crippen LogP contribution in [0.3, 0.4) is 0 Å². The number of carbonyl (C=O) groups excluding carboxylic acids is 1. The van der Waals surface area contributed by atoms with E-state index in [2.05, 4.69) is 38.3 Å². The molecular formula is C13H26N2O. The van der Waals surface area contributed by atoms with Gasteiger partial charge in [-0.1, -0.05) is 27.7 Å². The molecule has 94 valence electrons. The molecule has 1 atom stereocenters. The number of carbonyl (C=O) groups is 1. The molecule has 1 saturated heterocycles. The van der Waals surface area contributed by atoms with Gasteiger partial charge >= 0.3 is 0 Å². The molecule has 0 saturated carbocycles. The van der Waals surface area contributed by atoms with Gasteiger partial charge in [0.05, 0.1) is 6.04 Å². The zero-order valence-corrected chi connectivity index (χ0v) is 11.1. The molecule has 1 unspecified atom stereocenters. The summed E-state index contributed by atoms with van der Waals surface area (Å²) in [4.78, 5) is 11.7. The summed E-state index contributed by atoms with van der Waals surface area (Å²) in [6.07, 6.45) is 3.22. The highest BCUT2D eigenvalue weighted by molar-refractivity contribution is 5.81. The van der Waals surface area contributed by atoms with Crippen LogP contribution in [0.4, 0.5) is 0 Å². The average molecular weight is 226 g/mol. The molecule has 3 nitrogen and oxygen atoms in total. The van der Waals surface area contributed by atoms with Gasteiger partial charge in [-0.05, 0) is 30.6 Å². The van der Waals surface area contributed by atoms with Gasteiger partial charge in [0.25, 0.3) is 0 Å². The Balaban J connectivity index is 2.44. The lowest BCUT2D eigenvalue weighted by Crippen LogP contribution is -2.46. The molecule has 0 aromatic carbocycles. The van der Waals surface area contributed by atoms with E-state index in [1.165, 1.54) is 0 Å². The van der Waals surface area contributed by atoms with Gasteiger partial charge in [0.2, 0.25) is 5.91 Å². The van der Waals surface area contributed by atoms with Crippen LogP contribution in [0, 0.1) is 11.3 Å². The molecular weight excluding hydrogens is 200 g/mol. The molecule has 0 aromatic heterocycles. The van der Waals surface area contributed by atoms with Gasteiger partial charge in [-0.2, -0.15) is 0 Å². The van der Waals surface area contributed by atoms with Crippen molar-refractivity contribution in [2.24, 2.45) is 11.3 Å². The van der Waals surface area contributed by atoms with Crippen LogP contribution in [0.2, 0.25) is 0 Å². The molecule has 1 aliphatic heterocycles. The third kappa shape index (κ3) is 3.78. The first kappa shape index (κ1) is 13.5. The minimum atomic E-state index is 0.0144. The number of nitrogens with one attached hydrogen (secondary N) is 2. The van der Waals surface area contributed by atoms with Crippen LogP contribution in [0.1, 0.15) is 47.0 Å². The van der Waals surface area contributed by atoms with Gasteiger partial charge in [0, 0.05) is 13.1 Å². The summed E-state index contributed by atoms with van der Waals surface area (Å²) in [5, 5.41) is 6.38. The molecule has 2 N–H and O–H groups in total. The van der Waals surface area contributed by atoms with Gasteiger partial charge in [0.1, 0.15) is 0 Å². The Morgan fingerprint density at radius 1 is 1.44 bits per heavy atom. The van der Waals surface area contributed by atoms with E-state index >= 15 is 0 Å². The molecule has 16 heavy (non-hydrogen) atoms. The summed E-state index contributed by atoms with van der Waals surface area (Å²) in [7, 11) is 0. The van der Waals surface area contributed by atoms with Crippen LogP contribution in [0.15, 0.2) is 0 Å².